The number of aliphatic hydroxyl groups excluding tert-OH is 1. The molecule has 2 amide bonds. The van der Waals surface area contributed by atoms with E-state index in [1.54, 1.807) is 5.38 Å². The Labute approximate surface area is 115 Å². The van der Waals surface area contributed by atoms with Crippen LogP contribution in [-0.2, 0) is 0 Å². The molecule has 0 saturated carbocycles. The first-order valence-electron chi connectivity index (χ1n) is 5.98. The Balaban J connectivity index is 2.75. The van der Waals surface area contributed by atoms with Crippen molar-refractivity contribution in [1.82, 2.24) is 5.32 Å². The number of carboxylic acid groups (broad SMARTS) is 1. The maximum atomic E-state index is 11.9. The lowest BCUT2D eigenvalue weighted by atomic mass is 9.94. The number of hydrogen-bond acceptors (Lipinski definition) is 4. The molecule has 0 radical (unpaired) electrons. The molecule has 7 heteroatoms. The maximum Gasteiger partial charge on any atom is 0.338 e. The summed E-state index contributed by atoms with van der Waals surface area (Å²) >= 11 is 1.14. The minimum atomic E-state index is -1.09. The molecule has 0 unspecified atom stereocenters. The summed E-state index contributed by atoms with van der Waals surface area (Å²) in [6.07, 6.45) is 1.17. The van der Waals surface area contributed by atoms with Crippen molar-refractivity contribution in [3.63, 3.8) is 0 Å². The molecule has 0 aromatic carbocycles. The van der Waals surface area contributed by atoms with E-state index >= 15 is 0 Å². The molecule has 0 aliphatic carbocycles. The van der Waals surface area contributed by atoms with Gasteiger partial charge in [-0.2, -0.15) is 0 Å². The summed E-state index contributed by atoms with van der Waals surface area (Å²) in [7, 11) is 0. The summed E-state index contributed by atoms with van der Waals surface area (Å²) in [5, 5.41) is 25.4. The number of urea groups is 1. The molecule has 1 aromatic rings. The summed E-state index contributed by atoms with van der Waals surface area (Å²) in [6.45, 7) is 3.57. The van der Waals surface area contributed by atoms with Crippen LogP contribution in [0.15, 0.2) is 11.4 Å². The Kier molecular flexibility index (Phi) is 5.31. The summed E-state index contributed by atoms with van der Waals surface area (Å²) in [6, 6.07) is 0.921. The topological polar surface area (TPSA) is 98.7 Å². The van der Waals surface area contributed by atoms with E-state index in [4.69, 9.17) is 5.11 Å². The average Bonchev–Trinajstić information content (AvgIpc) is 2.84. The minimum absolute atomic E-state index is 0.0581. The molecule has 0 saturated heterocycles. The van der Waals surface area contributed by atoms with Gasteiger partial charge < -0.3 is 15.5 Å². The third-order valence-electron chi connectivity index (χ3n) is 3.16. The largest absolute Gasteiger partial charge is 0.478 e. The second-order valence-corrected chi connectivity index (χ2v) is 5.11. The molecular weight excluding hydrogens is 268 g/mol. The molecule has 0 bridgehead atoms. The van der Waals surface area contributed by atoms with Crippen molar-refractivity contribution >= 4 is 28.3 Å². The minimum Gasteiger partial charge on any atom is -0.478 e. The second kappa shape index (κ2) is 6.53. The Bertz CT molecular complexity index is 446. The number of nitrogens with one attached hydrogen (secondary N) is 2. The molecule has 106 valence electrons. The molecule has 1 aromatic heterocycles. The number of carbonyl (C=O) groups is 2. The van der Waals surface area contributed by atoms with Crippen molar-refractivity contribution in [2.24, 2.45) is 0 Å². The number of hydrogen-bond donors (Lipinski definition) is 4. The van der Waals surface area contributed by atoms with Crippen molar-refractivity contribution in [2.45, 2.75) is 32.2 Å². The molecule has 0 spiro atoms. The lowest BCUT2D eigenvalue weighted by molar-refractivity contribution is 0.0698. The van der Waals surface area contributed by atoms with Crippen LogP contribution in [0.4, 0.5) is 9.80 Å². The van der Waals surface area contributed by atoms with Gasteiger partial charge in [0.2, 0.25) is 0 Å². The zero-order valence-electron chi connectivity index (χ0n) is 10.9. The van der Waals surface area contributed by atoms with Crippen LogP contribution in [0.25, 0.3) is 0 Å². The lowest BCUT2D eigenvalue weighted by Crippen LogP contribution is -2.52. The quantitative estimate of drug-likeness (QED) is 0.643. The zero-order valence-corrected chi connectivity index (χ0v) is 11.7. The number of aromatic carboxylic acids is 1. The van der Waals surface area contributed by atoms with Crippen LogP contribution in [-0.4, -0.2) is 34.4 Å². The van der Waals surface area contributed by atoms with Gasteiger partial charge in [0.15, 0.2) is 0 Å². The SMILES string of the molecule is CCC(CC)(CO)NC(=O)Nc1sccc1C(=O)O. The number of amides is 2. The lowest BCUT2D eigenvalue weighted by Gasteiger charge is -2.30. The first-order valence-corrected chi connectivity index (χ1v) is 6.86. The molecule has 6 nitrogen and oxygen atoms in total. The predicted octanol–water partition coefficient (Wildman–Crippen LogP) is 2.12. The van der Waals surface area contributed by atoms with Crippen molar-refractivity contribution in [2.75, 3.05) is 11.9 Å². The summed E-state index contributed by atoms with van der Waals surface area (Å²) < 4.78 is 0. The number of carbonyl (C=O) groups excluding carboxylic acids is 1. The number of anilines is 1. The highest BCUT2D eigenvalue weighted by atomic mass is 32.1. The highest BCUT2D eigenvalue weighted by molar-refractivity contribution is 7.14. The fourth-order valence-electron chi connectivity index (χ4n) is 1.64. The smallest absolute Gasteiger partial charge is 0.338 e. The summed E-state index contributed by atoms with van der Waals surface area (Å²) in [5.41, 5.74) is -0.618. The highest BCUT2D eigenvalue weighted by Gasteiger charge is 2.27. The Morgan fingerprint density at radius 2 is 2.00 bits per heavy atom. The highest BCUT2D eigenvalue weighted by Crippen LogP contribution is 2.23. The van der Waals surface area contributed by atoms with Gasteiger partial charge in [0.1, 0.15) is 5.00 Å². The van der Waals surface area contributed by atoms with Gasteiger partial charge in [0.25, 0.3) is 0 Å². The molecule has 19 heavy (non-hydrogen) atoms. The van der Waals surface area contributed by atoms with Crippen LogP contribution in [0.2, 0.25) is 0 Å². The summed E-state index contributed by atoms with van der Waals surface area (Å²) in [4.78, 5) is 22.8. The van der Waals surface area contributed by atoms with Crippen LogP contribution in [0, 0.1) is 0 Å². The third-order valence-corrected chi connectivity index (χ3v) is 3.99. The van der Waals surface area contributed by atoms with Crippen LogP contribution < -0.4 is 10.6 Å². The van der Waals surface area contributed by atoms with Crippen LogP contribution >= 0.6 is 11.3 Å². The first kappa shape index (κ1) is 15.5. The van der Waals surface area contributed by atoms with Crippen molar-refractivity contribution in [1.29, 1.82) is 0 Å². The predicted molar refractivity (Wildman–Crippen MR) is 73.8 cm³/mol. The summed E-state index contributed by atoms with van der Waals surface area (Å²) in [5.74, 6) is -1.09. The van der Waals surface area contributed by atoms with Gasteiger partial charge in [0, 0.05) is 0 Å². The monoisotopic (exact) mass is 286 g/mol. The molecular formula is C12H18N2O4S. The van der Waals surface area contributed by atoms with E-state index in [-0.39, 0.29) is 17.2 Å². The molecule has 0 aliphatic heterocycles. The molecule has 4 N–H and O–H groups in total. The second-order valence-electron chi connectivity index (χ2n) is 4.19. The van der Waals surface area contributed by atoms with Gasteiger partial charge in [-0.1, -0.05) is 13.8 Å². The zero-order chi connectivity index (χ0) is 14.5. The fourth-order valence-corrected chi connectivity index (χ4v) is 2.41. The number of rotatable bonds is 6. The van der Waals surface area contributed by atoms with E-state index in [0.717, 1.165) is 11.3 Å². The van der Waals surface area contributed by atoms with Crippen LogP contribution in [0.1, 0.15) is 37.0 Å². The van der Waals surface area contributed by atoms with E-state index in [2.05, 4.69) is 10.6 Å². The van der Waals surface area contributed by atoms with Gasteiger partial charge in [-0.15, -0.1) is 11.3 Å². The first-order chi connectivity index (χ1) is 8.98. The van der Waals surface area contributed by atoms with Gasteiger partial charge in [0.05, 0.1) is 17.7 Å². The molecule has 0 fully saturated rings. The Morgan fingerprint density at radius 3 is 2.47 bits per heavy atom. The van der Waals surface area contributed by atoms with Gasteiger partial charge in [-0.25, -0.2) is 9.59 Å². The number of aliphatic hydroxyl groups is 1. The number of thiophene rings is 1. The van der Waals surface area contributed by atoms with Gasteiger partial charge >= 0.3 is 12.0 Å². The molecule has 1 rings (SSSR count). The average molecular weight is 286 g/mol. The third kappa shape index (κ3) is 3.68. The molecule has 1 heterocycles. The van der Waals surface area contributed by atoms with Crippen molar-refractivity contribution in [3.05, 3.63) is 17.0 Å². The van der Waals surface area contributed by atoms with E-state index in [9.17, 15) is 14.7 Å². The maximum absolute atomic E-state index is 11.9. The Morgan fingerprint density at radius 1 is 1.37 bits per heavy atom. The standard InChI is InChI=1S/C12H18N2O4S/c1-3-12(4-2,7-15)14-11(18)13-9-8(10(16)17)5-6-19-9/h5-6,15H,3-4,7H2,1-2H3,(H,16,17)(H2,13,14,18). The van der Waals surface area contributed by atoms with Gasteiger partial charge in [-0.3, -0.25) is 5.32 Å². The van der Waals surface area contributed by atoms with Crippen LogP contribution in [0.3, 0.4) is 0 Å². The van der Waals surface area contributed by atoms with Crippen molar-refractivity contribution in [3.8, 4) is 0 Å². The van der Waals surface area contributed by atoms with E-state index in [0.29, 0.717) is 12.8 Å². The fraction of sp³-hybridized carbons (Fsp3) is 0.500. The van der Waals surface area contributed by atoms with E-state index in [1.165, 1.54) is 6.07 Å². The van der Waals surface area contributed by atoms with Crippen molar-refractivity contribution < 1.29 is 19.8 Å². The van der Waals surface area contributed by atoms with Crippen LogP contribution in [0.5, 0.6) is 0 Å². The van der Waals surface area contributed by atoms with Gasteiger partial charge in [-0.05, 0) is 24.3 Å². The Hall–Kier alpha value is -1.60. The molecule has 0 aliphatic rings. The van der Waals surface area contributed by atoms with E-state index < -0.39 is 17.5 Å². The molecule has 0 atom stereocenters. The number of carboxylic acids is 1. The normalized spacial score (nSPS) is 11.1. The van der Waals surface area contributed by atoms with E-state index in [1.807, 2.05) is 13.8 Å².